The van der Waals surface area contributed by atoms with Gasteiger partial charge in [-0.2, -0.15) is 4.98 Å². The molecule has 0 saturated carbocycles. The Morgan fingerprint density at radius 3 is 2.84 bits per heavy atom. The molecule has 2 aromatic rings. The summed E-state index contributed by atoms with van der Waals surface area (Å²) >= 11 is 5.76. The molecule has 102 valence electrons. The molecule has 2 rings (SSSR count). The highest BCUT2D eigenvalue weighted by atomic mass is 35.5. The molecule has 0 aliphatic carbocycles. The van der Waals surface area contributed by atoms with Crippen LogP contribution in [-0.2, 0) is 4.74 Å². The number of hydrogen-bond donors (Lipinski definition) is 1. The molecule has 2 heterocycles. The van der Waals surface area contributed by atoms with E-state index in [9.17, 15) is 0 Å². The molecule has 2 N–H and O–H groups in total. The third kappa shape index (κ3) is 3.73. The van der Waals surface area contributed by atoms with Crippen LogP contribution in [0.15, 0.2) is 22.9 Å². The molecule has 7 heteroatoms. The number of halogens is 1. The van der Waals surface area contributed by atoms with Crippen molar-refractivity contribution in [3.05, 3.63) is 29.2 Å². The Morgan fingerprint density at radius 2 is 2.21 bits per heavy atom. The summed E-state index contributed by atoms with van der Waals surface area (Å²) in [5, 5.41) is 4.38. The van der Waals surface area contributed by atoms with Gasteiger partial charge in [0.05, 0.1) is 23.8 Å². The summed E-state index contributed by atoms with van der Waals surface area (Å²) in [6.45, 7) is 4.21. The second-order valence-corrected chi connectivity index (χ2v) is 4.74. The van der Waals surface area contributed by atoms with Crippen LogP contribution in [0.4, 0.5) is 0 Å². The smallest absolute Gasteiger partial charge is 0.276 e. The Morgan fingerprint density at radius 1 is 1.42 bits per heavy atom. The molecule has 2 aromatic heterocycles. The maximum atomic E-state index is 5.91. The van der Waals surface area contributed by atoms with Crippen molar-refractivity contribution in [2.24, 2.45) is 5.73 Å². The molecular formula is C12H15ClN4O2. The Balaban J connectivity index is 2.08. The zero-order valence-electron chi connectivity index (χ0n) is 10.7. The van der Waals surface area contributed by atoms with Gasteiger partial charge in [0.15, 0.2) is 5.82 Å². The van der Waals surface area contributed by atoms with Gasteiger partial charge in [-0.1, -0.05) is 16.8 Å². The zero-order valence-corrected chi connectivity index (χ0v) is 11.5. The predicted octanol–water partition coefficient (Wildman–Crippen LogP) is 2.21. The molecule has 0 saturated heterocycles. The first kappa shape index (κ1) is 13.9. The average Bonchev–Trinajstić information content (AvgIpc) is 2.86. The summed E-state index contributed by atoms with van der Waals surface area (Å²) in [5.74, 6) is 0.707. The van der Waals surface area contributed by atoms with Crippen LogP contribution in [0.5, 0.6) is 0 Å². The monoisotopic (exact) mass is 282 g/mol. The number of aromatic nitrogens is 3. The lowest BCUT2D eigenvalue weighted by Crippen LogP contribution is -2.20. The van der Waals surface area contributed by atoms with Crippen LogP contribution in [0.3, 0.4) is 0 Å². The van der Waals surface area contributed by atoms with Crippen molar-refractivity contribution in [3.63, 3.8) is 0 Å². The molecule has 19 heavy (non-hydrogen) atoms. The van der Waals surface area contributed by atoms with Crippen molar-refractivity contribution in [2.45, 2.75) is 26.0 Å². The van der Waals surface area contributed by atoms with Gasteiger partial charge in [0, 0.05) is 6.20 Å². The lowest BCUT2D eigenvalue weighted by molar-refractivity contribution is 0.0665. The van der Waals surface area contributed by atoms with Crippen molar-refractivity contribution in [2.75, 3.05) is 6.61 Å². The van der Waals surface area contributed by atoms with E-state index in [0.717, 1.165) is 0 Å². The number of nitrogens with zero attached hydrogens (tertiary/aromatic N) is 3. The van der Waals surface area contributed by atoms with Crippen LogP contribution in [0.1, 0.15) is 25.7 Å². The van der Waals surface area contributed by atoms with Gasteiger partial charge < -0.3 is 15.0 Å². The summed E-state index contributed by atoms with van der Waals surface area (Å²) in [5.41, 5.74) is 6.46. The van der Waals surface area contributed by atoms with E-state index < -0.39 is 6.04 Å². The lowest BCUT2D eigenvalue weighted by Gasteiger charge is -2.10. The quantitative estimate of drug-likeness (QED) is 0.905. The van der Waals surface area contributed by atoms with Crippen LogP contribution in [0, 0.1) is 0 Å². The predicted molar refractivity (Wildman–Crippen MR) is 70.6 cm³/mol. The Kier molecular flexibility index (Phi) is 4.47. The van der Waals surface area contributed by atoms with E-state index in [1.54, 1.807) is 12.1 Å². The highest BCUT2D eigenvalue weighted by molar-refractivity contribution is 6.30. The molecule has 0 spiro atoms. The summed E-state index contributed by atoms with van der Waals surface area (Å²) in [6.07, 6.45) is 1.62. The molecule has 0 aliphatic heterocycles. The van der Waals surface area contributed by atoms with E-state index in [1.165, 1.54) is 6.20 Å². The largest absolute Gasteiger partial charge is 0.377 e. The maximum absolute atomic E-state index is 5.91. The second kappa shape index (κ2) is 6.10. The van der Waals surface area contributed by atoms with Gasteiger partial charge in [-0.05, 0) is 26.0 Å². The van der Waals surface area contributed by atoms with Gasteiger partial charge >= 0.3 is 0 Å². The number of rotatable bonds is 5. The maximum Gasteiger partial charge on any atom is 0.276 e. The number of nitrogens with two attached hydrogens (primary N) is 1. The van der Waals surface area contributed by atoms with Crippen molar-refractivity contribution >= 4 is 11.6 Å². The zero-order chi connectivity index (χ0) is 13.8. The number of hydrogen-bond acceptors (Lipinski definition) is 6. The van der Waals surface area contributed by atoms with E-state index in [1.807, 2.05) is 13.8 Å². The third-order valence-electron chi connectivity index (χ3n) is 2.33. The fraction of sp³-hybridized carbons (Fsp3) is 0.417. The molecule has 0 aliphatic rings. The van der Waals surface area contributed by atoms with E-state index in [-0.39, 0.29) is 6.10 Å². The van der Waals surface area contributed by atoms with Crippen molar-refractivity contribution in [3.8, 4) is 11.6 Å². The van der Waals surface area contributed by atoms with E-state index in [0.29, 0.717) is 29.0 Å². The topological polar surface area (TPSA) is 87.1 Å². The van der Waals surface area contributed by atoms with Gasteiger partial charge in [-0.25, -0.2) is 4.98 Å². The molecule has 0 bridgehead atoms. The Hall–Kier alpha value is -1.50. The standard InChI is InChI=1S/C12H15ClN4O2/c1-7(2)18-6-9(14)11-16-12(19-17-11)10-4-3-8(13)5-15-10/h3-5,7,9H,6,14H2,1-2H3. The van der Waals surface area contributed by atoms with Crippen LogP contribution < -0.4 is 5.73 Å². The van der Waals surface area contributed by atoms with Gasteiger partial charge in [0.25, 0.3) is 5.89 Å². The fourth-order valence-corrected chi connectivity index (χ4v) is 1.47. The normalized spacial score (nSPS) is 12.9. The first-order valence-corrected chi connectivity index (χ1v) is 6.26. The molecule has 1 atom stereocenters. The van der Waals surface area contributed by atoms with Crippen LogP contribution >= 0.6 is 11.6 Å². The van der Waals surface area contributed by atoms with Gasteiger partial charge in [-0.15, -0.1) is 0 Å². The average molecular weight is 283 g/mol. The summed E-state index contributed by atoms with van der Waals surface area (Å²) < 4.78 is 10.5. The highest BCUT2D eigenvalue weighted by Gasteiger charge is 2.16. The summed E-state index contributed by atoms with van der Waals surface area (Å²) in [6, 6.07) is 2.98. The van der Waals surface area contributed by atoms with Crippen molar-refractivity contribution in [1.82, 2.24) is 15.1 Å². The molecular weight excluding hydrogens is 268 g/mol. The van der Waals surface area contributed by atoms with E-state index in [4.69, 9.17) is 26.6 Å². The third-order valence-corrected chi connectivity index (χ3v) is 2.55. The highest BCUT2D eigenvalue weighted by Crippen LogP contribution is 2.18. The van der Waals surface area contributed by atoms with Crippen LogP contribution in [0.2, 0.25) is 5.02 Å². The first-order chi connectivity index (χ1) is 9.06. The Bertz CT molecular complexity index is 527. The Labute approximate surface area is 115 Å². The van der Waals surface area contributed by atoms with Gasteiger partial charge in [0.1, 0.15) is 5.69 Å². The fourth-order valence-electron chi connectivity index (χ4n) is 1.36. The SMILES string of the molecule is CC(C)OCC(N)c1noc(-c2ccc(Cl)cn2)n1. The molecule has 0 aromatic carbocycles. The van der Waals surface area contributed by atoms with Gasteiger partial charge in [-0.3, -0.25) is 0 Å². The van der Waals surface area contributed by atoms with Crippen LogP contribution in [-0.4, -0.2) is 27.8 Å². The lowest BCUT2D eigenvalue weighted by atomic mass is 10.3. The van der Waals surface area contributed by atoms with E-state index in [2.05, 4.69) is 15.1 Å². The van der Waals surface area contributed by atoms with Gasteiger partial charge in [0.2, 0.25) is 0 Å². The minimum atomic E-state index is -0.424. The first-order valence-electron chi connectivity index (χ1n) is 5.89. The molecule has 0 radical (unpaired) electrons. The van der Waals surface area contributed by atoms with Crippen LogP contribution in [0.25, 0.3) is 11.6 Å². The van der Waals surface area contributed by atoms with Crippen molar-refractivity contribution < 1.29 is 9.26 Å². The number of pyridine rings is 1. The minimum absolute atomic E-state index is 0.107. The summed E-state index contributed by atoms with van der Waals surface area (Å²) in [7, 11) is 0. The molecule has 0 amide bonds. The number of ether oxygens (including phenoxy) is 1. The second-order valence-electron chi connectivity index (χ2n) is 4.31. The van der Waals surface area contributed by atoms with Crippen molar-refractivity contribution in [1.29, 1.82) is 0 Å². The minimum Gasteiger partial charge on any atom is -0.377 e. The van der Waals surface area contributed by atoms with E-state index >= 15 is 0 Å². The molecule has 6 nitrogen and oxygen atoms in total. The molecule has 0 fully saturated rings. The summed E-state index contributed by atoms with van der Waals surface area (Å²) in [4.78, 5) is 8.29. The molecule has 1 unspecified atom stereocenters.